The van der Waals surface area contributed by atoms with Crippen LogP contribution >= 0.6 is 0 Å². The zero-order chi connectivity index (χ0) is 20.1. The van der Waals surface area contributed by atoms with Gasteiger partial charge in [-0.15, -0.1) is 0 Å². The molecule has 2 aromatic carbocycles. The molecule has 0 saturated carbocycles. The summed E-state index contributed by atoms with van der Waals surface area (Å²) in [7, 11) is 0. The van der Waals surface area contributed by atoms with Crippen LogP contribution in [0.4, 0.5) is 4.39 Å². The Morgan fingerprint density at radius 3 is 2.62 bits per heavy atom. The molecule has 0 aliphatic rings. The second-order valence-electron chi connectivity index (χ2n) is 6.30. The first-order valence-electron chi connectivity index (χ1n) is 9.03. The first-order chi connectivity index (χ1) is 14.2. The Labute approximate surface area is 166 Å². The van der Waals surface area contributed by atoms with Gasteiger partial charge in [0.1, 0.15) is 24.4 Å². The molecule has 0 aliphatic carbocycles. The van der Waals surface area contributed by atoms with Crippen LogP contribution in [0.2, 0.25) is 0 Å². The summed E-state index contributed by atoms with van der Waals surface area (Å²) >= 11 is 0. The predicted molar refractivity (Wildman–Crippen MR) is 102 cm³/mol. The molecule has 6 nitrogen and oxygen atoms in total. The van der Waals surface area contributed by atoms with E-state index in [1.165, 1.54) is 18.4 Å². The highest BCUT2D eigenvalue weighted by atomic mass is 19.1. The number of halogens is 1. The van der Waals surface area contributed by atoms with E-state index in [4.69, 9.17) is 13.6 Å². The summed E-state index contributed by atoms with van der Waals surface area (Å²) in [5, 5.41) is 0. The van der Waals surface area contributed by atoms with E-state index in [0.29, 0.717) is 35.2 Å². The number of oxazole rings is 2. The largest absolute Gasteiger partial charge is 0.459 e. The number of aryl methyl sites for hydroxylation is 1. The lowest BCUT2D eigenvalue weighted by molar-refractivity contribution is -0.145. The van der Waals surface area contributed by atoms with Gasteiger partial charge in [-0.05, 0) is 36.4 Å². The first kappa shape index (κ1) is 18.6. The number of rotatable bonds is 7. The Morgan fingerprint density at radius 1 is 1.03 bits per heavy atom. The standard InChI is InChI=1S/C22H17FN2O4/c23-17-8-6-15(7-9-17)19-12-24-20(29-19)10-11-21(26)27-13-18-14-28-22(25-18)16-4-2-1-3-5-16/h1-9,12,14H,10-11,13H2. The maximum atomic E-state index is 13.0. The molecule has 0 radical (unpaired) electrons. The van der Waals surface area contributed by atoms with E-state index in [1.807, 2.05) is 30.3 Å². The van der Waals surface area contributed by atoms with Crippen molar-refractivity contribution in [3.63, 3.8) is 0 Å². The highest BCUT2D eigenvalue weighted by molar-refractivity contribution is 5.69. The third kappa shape index (κ3) is 4.76. The van der Waals surface area contributed by atoms with E-state index < -0.39 is 5.97 Å². The SMILES string of the molecule is O=C(CCc1ncc(-c2ccc(F)cc2)o1)OCc1coc(-c2ccccc2)n1. The van der Waals surface area contributed by atoms with Crippen molar-refractivity contribution in [3.05, 3.63) is 84.5 Å². The van der Waals surface area contributed by atoms with Gasteiger partial charge in [-0.25, -0.2) is 14.4 Å². The summed E-state index contributed by atoms with van der Waals surface area (Å²) in [5.74, 6) is 0.693. The number of aromatic nitrogens is 2. The summed E-state index contributed by atoms with van der Waals surface area (Å²) < 4.78 is 29.2. The third-order valence-corrected chi connectivity index (χ3v) is 4.18. The fraction of sp³-hybridized carbons (Fsp3) is 0.136. The topological polar surface area (TPSA) is 78.4 Å². The number of hydrogen-bond donors (Lipinski definition) is 0. The zero-order valence-electron chi connectivity index (χ0n) is 15.4. The Balaban J connectivity index is 1.27. The smallest absolute Gasteiger partial charge is 0.306 e. The predicted octanol–water partition coefficient (Wildman–Crippen LogP) is 4.81. The van der Waals surface area contributed by atoms with Gasteiger partial charge in [0.05, 0.1) is 12.6 Å². The molecule has 0 N–H and O–H groups in total. The van der Waals surface area contributed by atoms with Gasteiger partial charge < -0.3 is 13.6 Å². The second kappa shape index (κ2) is 8.52. The van der Waals surface area contributed by atoms with E-state index in [1.54, 1.807) is 18.3 Å². The van der Waals surface area contributed by atoms with Crippen molar-refractivity contribution < 1.29 is 22.8 Å². The molecule has 0 aliphatic heterocycles. The van der Waals surface area contributed by atoms with Gasteiger partial charge in [-0.1, -0.05) is 18.2 Å². The molecule has 0 spiro atoms. The third-order valence-electron chi connectivity index (χ3n) is 4.18. The summed E-state index contributed by atoms with van der Waals surface area (Å²) in [5.41, 5.74) is 2.10. The van der Waals surface area contributed by atoms with E-state index in [0.717, 1.165) is 5.56 Å². The number of hydrogen-bond acceptors (Lipinski definition) is 6. The maximum absolute atomic E-state index is 13.0. The van der Waals surface area contributed by atoms with Gasteiger partial charge in [0, 0.05) is 17.5 Å². The first-order valence-corrected chi connectivity index (χ1v) is 9.03. The fourth-order valence-corrected chi connectivity index (χ4v) is 2.70. The average molecular weight is 392 g/mol. The molecule has 29 heavy (non-hydrogen) atoms. The molecule has 4 aromatic rings. The lowest BCUT2D eigenvalue weighted by Gasteiger charge is -2.01. The van der Waals surface area contributed by atoms with Gasteiger partial charge in [-0.2, -0.15) is 0 Å². The number of carbonyl (C=O) groups excluding carboxylic acids is 1. The van der Waals surface area contributed by atoms with Crippen molar-refractivity contribution in [1.82, 2.24) is 9.97 Å². The monoisotopic (exact) mass is 392 g/mol. The molecule has 7 heteroatoms. The van der Waals surface area contributed by atoms with Crippen LogP contribution in [0.1, 0.15) is 18.0 Å². The number of carbonyl (C=O) groups is 1. The van der Waals surface area contributed by atoms with Crippen LogP contribution in [-0.2, 0) is 22.6 Å². The van der Waals surface area contributed by atoms with E-state index >= 15 is 0 Å². The van der Waals surface area contributed by atoms with Crippen molar-refractivity contribution in [1.29, 1.82) is 0 Å². The number of nitrogens with zero attached hydrogens (tertiary/aromatic N) is 2. The molecule has 4 rings (SSSR count). The average Bonchev–Trinajstić information content (AvgIpc) is 3.42. The van der Waals surface area contributed by atoms with Crippen molar-refractivity contribution in [2.24, 2.45) is 0 Å². The number of benzene rings is 2. The van der Waals surface area contributed by atoms with Gasteiger partial charge in [0.25, 0.3) is 0 Å². The van der Waals surface area contributed by atoms with E-state index in [9.17, 15) is 9.18 Å². The highest BCUT2D eigenvalue weighted by Gasteiger charge is 2.12. The van der Waals surface area contributed by atoms with Gasteiger partial charge in [0.15, 0.2) is 11.7 Å². The van der Waals surface area contributed by atoms with Gasteiger partial charge in [-0.3, -0.25) is 4.79 Å². The Hall–Kier alpha value is -3.74. The highest BCUT2D eigenvalue weighted by Crippen LogP contribution is 2.21. The molecule has 0 amide bonds. The summed E-state index contributed by atoms with van der Waals surface area (Å²) in [6, 6.07) is 15.4. The minimum absolute atomic E-state index is 0.0293. The Bertz CT molecular complexity index is 1090. The van der Waals surface area contributed by atoms with Crippen LogP contribution in [0.3, 0.4) is 0 Å². The van der Waals surface area contributed by atoms with Crippen molar-refractivity contribution >= 4 is 5.97 Å². The summed E-state index contributed by atoms with van der Waals surface area (Å²) in [4.78, 5) is 20.4. The van der Waals surface area contributed by atoms with Crippen molar-refractivity contribution in [2.75, 3.05) is 0 Å². The minimum Gasteiger partial charge on any atom is -0.459 e. The quantitative estimate of drug-likeness (QED) is 0.420. The summed E-state index contributed by atoms with van der Waals surface area (Å²) in [6.07, 6.45) is 3.44. The van der Waals surface area contributed by atoms with Crippen LogP contribution in [0.25, 0.3) is 22.8 Å². The molecule has 0 fully saturated rings. The molecular weight excluding hydrogens is 375 g/mol. The normalized spacial score (nSPS) is 10.8. The van der Waals surface area contributed by atoms with Gasteiger partial charge in [0.2, 0.25) is 5.89 Å². The van der Waals surface area contributed by atoms with Crippen molar-refractivity contribution in [3.8, 4) is 22.8 Å². The zero-order valence-corrected chi connectivity index (χ0v) is 15.4. The lowest BCUT2D eigenvalue weighted by Crippen LogP contribution is -2.06. The summed E-state index contributed by atoms with van der Waals surface area (Å²) in [6.45, 7) is 0.0293. The maximum Gasteiger partial charge on any atom is 0.306 e. The van der Waals surface area contributed by atoms with Crippen LogP contribution < -0.4 is 0 Å². The second-order valence-corrected chi connectivity index (χ2v) is 6.30. The minimum atomic E-state index is -0.393. The van der Waals surface area contributed by atoms with Crippen LogP contribution in [0.5, 0.6) is 0 Å². The van der Waals surface area contributed by atoms with Gasteiger partial charge >= 0.3 is 5.97 Å². The molecule has 146 valence electrons. The number of ether oxygens (including phenoxy) is 1. The van der Waals surface area contributed by atoms with Crippen LogP contribution in [0.15, 0.2) is 75.9 Å². The molecule has 0 unspecified atom stereocenters. The van der Waals surface area contributed by atoms with Crippen LogP contribution in [0, 0.1) is 5.82 Å². The van der Waals surface area contributed by atoms with Crippen LogP contribution in [-0.4, -0.2) is 15.9 Å². The fourth-order valence-electron chi connectivity index (χ4n) is 2.70. The van der Waals surface area contributed by atoms with Crippen molar-refractivity contribution in [2.45, 2.75) is 19.4 Å². The molecule has 2 heterocycles. The molecule has 0 saturated heterocycles. The molecule has 2 aromatic heterocycles. The molecular formula is C22H17FN2O4. The van der Waals surface area contributed by atoms with E-state index in [-0.39, 0.29) is 18.8 Å². The molecule has 0 atom stereocenters. The Kier molecular flexibility index (Phi) is 5.47. The lowest BCUT2D eigenvalue weighted by atomic mass is 10.2. The molecule has 0 bridgehead atoms. The van der Waals surface area contributed by atoms with E-state index in [2.05, 4.69) is 9.97 Å². The number of esters is 1. The Morgan fingerprint density at radius 2 is 1.83 bits per heavy atom.